The van der Waals surface area contributed by atoms with Crippen molar-refractivity contribution in [2.24, 2.45) is 29.6 Å². The van der Waals surface area contributed by atoms with Gasteiger partial charge in [-0.15, -0.1) is 0 Å². The molecule has 1 aliphatic carbocycles. The molecule has 150 heavy (non-hydrogen) atoms. The van der Waals surface area contributed by atoms with Crippen molar-refractivity contribution in [3.8, 4) is 17.2 Å². The number of nitrogens with zero attached hydrogens (tertiary/aromatic N) is 4. The third kappa shape index (κ3) is 53.4. The quantitative estimate of drug-likeness (QED) is 0.0114. The van der Waals surface area contributed by atoms with Crippen LogP contribution in [0.3, 0.4) is 0 Å². The number of amides is 8. The molecule has 7 aromatic carbocycles. The number of hydrogen-bond acceptors (Lipinski definition) is 21. The van der Waals surface area contributed by atoms with Gasteiger partial charge in [-0.1, -0.05) is 128 Å². The molecule has 0 radical (unpaired) electrons. The number of benzene rings is 7. The van der Waals surface area contributed by atoms with Crippen molar-refractivity contribution in [2.75, 3.05) is 109 Å². The maximum atomic E-state index is 13.6. The van der Waals surface area contributed by atoms with E-state index in [-0.39, 0.29) is 157 Å². The molecule has 4 saturated heterocycles. The molecule has 35 heteroatoms. The number of ether oxygens (including phenoxy) is 8. The summed E-state index contributed by atoms with van der Waals surface area (Å²) in [6.07, 6.45) is 10.4. The minimum Gasteiger partial charge on any atom is -0.497 e. The third-order valence-electron chi connectivity index (χ3n) is 25.3. The predicted molar refractivity (Wildman–Crippen MR) is 599 cm³/mol. The number of esters is 1. The normalized spacial score (nSPS) is 15.9. The van der Waals surface area contributed by atoms with Crippen molar-refractivity contribution in [1.29, 1.82) is 0 Å². The number of hydrogen-bond donors (Lipinski definition) is 7. The summed E-state index contributed by atoms with van der Waals surface area (Å²) in [5, 5.41) is 26.1. The van der Waals surface area contributed by atoms with Gasteiger partial charge in [0.1, 0.15) is 45.9 Å². The van der Waals surface area contributed by atoms with E-state index in [9.17, 15) is 61.5 Å². The number of methoxy groups -OCH3 is 3. The van der Waals surface area contributed by atoms with Crippen LogP contribution in [0.15, 0.2) is 194 Å². The highest BCUT2D eigenvalue weighted by Gasteiger charge is 2.39. The van der Waals surface area contributed by atoms with Gasteiger partial charge in [-0.3, -0.25) is 28.8 Å². The molecule has 7 N–H and O–H groups in total. The molecule has 0 spiro atoms. The predicted octanol–water partition coefficient (Wildman–Crippen LogP) is 22.9. The Kier molecular flexibility index (Phi) is 58.3. The number of carboxylic acid groups (broad SMARTS) is 1. The van der Waals surface area contributed by atoms with Gasteiger partial charge in [0.05, 0.1) is 52.5 Å². The minimum absolute atomic E-state index is 0. The zero-order valence-corrected chi connectivity index (χ0v) is 93.9. The van der Waals surface area contributed by atoms with E-state index in [4.69, 9.17) is 43.0 Å². The molecule has 8 amide bonds. The van der Waals surface area contributed by atoms with Gasteiger partial charge in [0.2, 0.25) is 29.6 Å². The van der Waals surface area contributed by atoms with Crippen LogP contribution in [0.25, 0.3) is 0 Å². The Labute approximate surface area is 908 Å². The lowest BCUT2D eigenvalue weighted by Crippen LogP contribution is -2.42. The van der Waals surface area contributed by atoms with Crippen LogP contribution in [-0.2, 0) is 57.2 Å². The van der Waals surface area contributed by atoms with E-state index in [1.54, 1.807) is 79.6 Å². The molecular weight excluding hydrogens is 1980 g/mol. The first-order valence-electron chi connectivity index (χ1n) is 51.6. The number of nitrogens with one attached hydrogen (secondary N) is 6. The van der Waals surface area contributed by atoms with Gasteiger partial charge < -0.3 is 99.3 Å². The van der Waals surface area contributed by atoms with Gasteiger partial charge in [0.25, 0.3) is 0 Å². The lowest BCUT2D eigenvalue weighted by atomic mass is 9.86. The van der Waals surface area contributed by atoms with E-state index in [2.05, 4.69) is 79.0 Å². The Bertz CT molecular complexity index is 5100. The van der Waals surface area contributed by atoms with Crippen LogP contribution in [0, 0.1) is 29.6 Å². The highest BCUT2D eigenvalue weighted by Crippen LogP contribution is 2.38. The molecule has 0 bridgehead atoms. The Balaban J connectivity index is 0.000000382. The number of carboxylic acids is 1. The first-order chi connectivity index (χ1) is 69.7. The topological polar surface area (TPSA) is 367 Å². The van der Waals surface area contributed by atoms with Crippen molar-refractivity contribution in [3.05, 3.63) is 216 Å². The van der Waals surface area contributed by atoms with Gasteiger partial charge >= 0.3 is 36.3 Å². The molecular formula is C115H168F2N10O20S3. The smallest absolute Gasteiger partial charge is 0.410 e. The first kappa shape index (κ1) is 131. The average molecular weight is 2140 g/mol. The zero-order chi connectivity index (χ0) is 108. The molecule has 1 saturated carbocycles. The molecule has 5 aliphatic rings. The molecule has 7 aromatic rings. The summed E-state index contributed by atoms with van der Waals surface area (Å²) < 4.78 is 68.5. The van der Waals surface area contributed by atoms with Gasteiger partial charge in [0.15, 0.2) is 0 Å². The molecule has 0 aromatic heterocycles. The van der Waals surface area contributed by atoms with Crippen LogP contribution < -0.4 is 46.1 Å². The monoisotopic (exact) mass is 2140 g/mol. The summed E-state index contributed by atoms with van der Waals surface area (Å²) in [4.78, 5) is 139. The average Bonchev–Trinajstić information content (AvgIpc) is 0.838. The number of aldehydes is 1. The van der Waals surface area contributed by atoms with Gasteiger partial charge in [-0.05, 0) is 324 Å². The van der Waals surface area contributed by atoms with Crippen molar-refractivity contribution >= 4 is 124 Å². The Hall–Kier alpha value is -11.7. The molecule has 5 fully saturated rings. The highest BCUT2D eigenvalue weighted by molar-refractivity contribution is 7.59. The minimum atomic E-state index is -2.64. The second kappa shape index (κ2) is 66.9. The van der Waals surface area contributed by atoms with E-state index in [1.165, 1.54) is 12.0 Å². The summed E-state index contributed by atoms with van der Waals surface area (Å²) in [5.41, 5.74) is 4.44. The van der Waals surface area contributed by atoms with Crippen molar-refractivity contribution in [2.45, 2.75) is 278 Å². The molecule has 4 atom stereocenters. The Morgan fingerprint density at radius 2 is 0.707 bits per heavy atom. The number of anilines is 3. The second-order valence-electron chi connectivity index (χ2n) is 42.1. The van der Waals surface area contributed by atoms with E-state index in [0.29, 0.717) is 69.8 Å². The van der Waals surface area contributed by atoms with Crippen LogP contribution in [-0.4, -0.2) is 213 Å². The van der Waals surface area contributed by atoms with Crippen LogP contribution in [0.5, 0.6) is 17.2 Å². The summed E-state index contributed by atoms with van der Waals surface area (Å²) in [6, 6.07) is 60.4. The fourth-order valence-corrected chi connectivity index (χ4v) is 17.3. The maximum absolute atomic E-state index is 13.6. The fourth-order valence-electron chi connectivity index (χ4n) is 17.3. The number of carbonyl (C=O) groups is 11. The highest BCUT2D eigenvalue weighted by atomic mass is 32.1. The third-order valence-corrected chi connectivity index (χ3v) is 25.3. The standard InChI is InChI=1S/C30H39F2N3O3.C24H32N2O2.C19H28N2O4.C16H23NO4.C14H19NO3.C12H21NO4.3H2S/c1-38-26-9-7-25(8-10-26)33-28(36)21-22-13-18-35(19-14-22)20-15-27(23-5-3-2-4-6-23)34-29(37)24-11-16-30(31,32)17-12-24;1-19(21-6-4-3-5-7-21)12-15-26-16-13-20(14-17-26)18-24(27)25-22-8-10-23(28-2)11-9-22;1-19(2,3)25-18(23)21-11-9-14(10-12-21)13-17(22)20-15-5-7-16(24-4)8-6-15;1-5-20-14(18)11-13(12-9-7-6-8-10-12)17-15(19)21-16(2,3)4;1-14(2,3)18-13(17)15-12(9-10-16)11-7-5-4-6-8-11;1-12(2,3)17-11(16)13-6-4-9(5-7-13)8-10(14)15;;;/h2-10,22,24,27H,11-21H2,1H3,(H,33,36)(H,34,37);3-11,19-20H,12-18H2,1-2H3,(H,25,27);5-8,14H,9-13H2,1-4H3,(H,20,22);6-10,13H,5,11H2,1-4H3,(H,17,19);4-8,10,12H,9H2,1-3H3,(H,15,17);9H,4-8H2,1-3H3,(H,14,15);3*1H2/t27-;19-;;13-;12-;;;;/m00.11..../s1. The maximum Gasteiger partial charge on any atom is 0.410 e. The van der Waals surface area contributed by atoms with Crippen LogP contribution >= 0.6 is 40.5 Å². The zero-order valence-electron chi connectivity index (χ0n) is 90.9. The molecule has 0 unspecified atom stereocenters. The summed E-state index contributed by atoms with van der Waals surface area (Å²) in [7, 11) is 4.86. The van der Waals surface area contributed by atoms with E-state index in [0.717, 1.165) is 154 Å². The fraction of sp³-hybridized carbons (Fsp3) is 0.539. The number of piperidine rings is 4. The largest absolute Gasteiger partial charge is 0.497 e. The Morgan fingerprint density at radius 3 is 1.03 bits per heavy atom. The van der Waals surface area contributed by atoms with Gasteiger partial charge in [-0.2, -0.15) is 40.5 Å². The van der Waals surface area contributed by atoms with Crippen LogP contribution in [0.1, 0.15) is 272 Å². The number of halogens is 2. The molecule has 4 aliphatic heterocycles. The number of likely N-dealkylation sites (tertiary alicyclic amines) is 4. The van der Waals surface area contributed by atoms with Gasteiger partial charge in [-0.25, -0.2) is 28.0 Å². The number of aliphatic carboxylic acids is 1. The SMILES string of the molecule is CC(C)(C)OC(=O)N1CCC(CC(=O)O)CC1.CC(C)(C)OC(=O)N[C@H](CC=O)c1ccccc1.CCOC(=O)C[C@@H](NC(=O)OC(C)(C)C)c1ccccc1.COc1ccc(NC(=O)CC2CCN(C(=O)OC(C)(C)C)CC2)cc1.COc1ccc(NC(=O)CC2CCN(CC[C@H](C)c3ccccc3)CC2)cc1.COc1ccc(NC(=O)CC2CCN(CC[C@H](NC(=O)C3CCC(F)(F)CC3)c3ccccc3)CC2)cc1.S.S.S. The molecule has 830 valence electrons. The Morgan fingerprint density at radius 1 is 0.400 bits per heavy atom. The number of rotatable bonds is 33. The van der Waals surface area contributed by atoms with E-state index in [1.807, 2.05) is 205 Å². The molecule has 30 nitrogen and oxygen atoms in total. The molecule has 4 heterocycles. The van der Waals surface area contributed by atoms with E-state index < -0.39 is 52.5 Å². The molecule has 12 rings (SSSR count). The number of alkyl carbamates (subject to hydrolysis) is 2. The van der Waals surface area contributed by atoms with Crippen molar-refractivity contribution in [3.63, 3.8) is 0 Å². The number of alkyl halides is 2. The van der Waals surface area contributed by atoms with E-state index >= 15 is 0 Å². The van der Waals surface area contributed by atoms with Crippen molar-refractivity contribution in [1.82, 2.24) is 35.6 Å². The van der Waals surface area contributed by atoms with Crippen molar-refractivity contribution < 1.29 is 105 Å². The summed E-state index contributed by atoms with van der Waals surface area (Å²) in [5.74, 6) is 0.125. The summed E-state index contributed by atoms with van der Waals surface area (Å²) >= 11 is 0. The second-order valence-corrected chi connectivity index (χ2v) is 42.1. The van der Waals surface area contributed by atoms with Crippen LogP contribution in [0.4, 0.5) is 45.0 Å². The lowest BCUT2D eigenvalue weighted by Gasteiger charge is -2.33. The number of carbonyl (C=O) groups excluding carboxylic acids is 10. The van der Waals surface area contributed by atoms with Gasteiger partial charge in [0, 0.05) is 101 Å². The van der Waals surface area contributed by atoms with Crippen LogP contribution in [0.2, 0.25) is 0 Å². The first-order valence-corrected chi connectivity index (χ1v) is 51.6. The lowest BCUT2D eigenvalue weighted by molar-refractivity contribution is -0.144. The summed E-state index contributed by atoms with van der Waals surface area (Å²) in [6.45, 7) is 34.6.